The Hall–Kier alpha value is -2.02. The van der Waals surface area contributed by atoms with Crippen molar-refractivity contribution in [2.45, 2.75) is 25.4 Å². The Morgan fingerprint density at radius 2 is 1.83 bits per heavy atom. The summed E-state index contributed by atoms with van der Waals surface area (Å²) in [5, 5.41) is 9.92. The molecular formula is C18H14Cl2N2O. The van der Waals surface area contributed by atoms with E-state index in [4.69, 9.17) is 33.2 Å². The molecular weight excluding hydrogens is 331 g/mol. The monoisotopic (exact) mass is 344 g/mol. The Balaban J connectivity index is 2.15. The van der Waals surface area contributed by atoms with Crippen molar-refractivity contribution in [1.82, 2.24) is 0 Å². The van der Waals surface area contributed by atoms with Gasteiger partial charge >= 0.3 is 0 Å². The number of aliphatic imine (C=N–C) groups is 1. The summed E-state index contributed by atoms with van der Waals surface area (Å²) < 4.78 is 6.18. The van der Waals surface area contributed by atoms with Crippen LogP contribution in [0, 0.1) is 11.3 Å². The predicted molar refractivity (Wildman–Crippen MR) is 92.4 cm³/mol. The smallest absolute Gasteiger partial charge is 0.225 e. The number of ether oxygens (including phenoxy) is 1. The van der Waals surface area contributed by atoms with Gasteiger partial charge in [0, 0.05) is 18.4 Å². The molecule has 1 atom stereocenters. The number of nitriles is 1. The van der Waals surface area contributed by atoms with Crippen LogP contribution in [0.3, 0.4) is 0 Å². The Morgan fingerprint density at radius 3 is 2.52 bits per heavy atom. The van der Waals surface area contributed by atoms with E-state index in [1.807, 2.05) is 31.2 Å². The van der Waals surface area contributed by atoms with Gasteiger partial charge in [0.2, 0.25) is 5.90 Å². The molecule has 116 valence electrons. The molecule has 0 bridgehead atoms. The van der Waals surface area contributed by atoms with Gasteiger partial charge in [-0.05, 0) is 25.1 Å². The molecule has 3 rings (SSSR count). The second kappa shape index (κ2) is 6.23. The van der Waals surface area contributed by atoms with Crippen LogP contribution in [0.25, 0.3) is 0 Å². The molecule has 23 heavy (non-hydrogen) atoms. The first kappa shape index (κ1) is 15.9. The molecule has 2 aromatic carbocycles. The fourth-order valence-electron chi connectivity index (χ4n) is 2.71. The molecule has 1 aliphatic heterocycles. The average molecular weight is 345 g/mol. The van der Waals surface area contributed by atoms with E-state index in [-0.39, 0.29) is 0 Å². The molecule has 0 fully saturated rings. The predicted octanol–water partition coefficient (Wildman–Crippen LogP) is 5.62. The fraction of sp³-hybridized carbons (Fsp3) is 0.222. The quantitative estimate of drug-likeness (QED) is 0.725. The van der Waals surface area contributed by atoms with Gasteiger partial charge in [-0.15, -0.1) is 0 Å². The highest BCUT2D eigenvalue weighted by Crippen LogP contribution is 2.42. The number of fused-ring (bicyclic) bond motifs is 1. The summed E-state index contributed by atoms with van der Waals surface area (Å²) in [5.74, 6) is 0.389. The highest BCUT2D eigenvalue weighted by Gasteiger charge is 2.36. The molecule has 0 saturated heterocycles. The fourth-order valence-corrected chi connectivity index (χ4v) is 3.27. The Morgan fingerprint density at radius 1 is 1.13 bits per heavy atom. The van der Waals surface area contributed by atoms with Crippen LogP contribution in [0.5, 0.6) is 0 Å². The molecule has 1 heterocycles. The van der Waals surface area contributed by atoms with E-state index in [2.05, 4.69) is 11.1 Å². The van der Waals surface area contributed by atoms with Gasteiger partial charge in [0.05, 0.1) is 27.4 Å². The summed E-state index contributed by atoms with van der Waals surface area (Å²) in [5.41, 5.74) is 1.70. The maximum absolute atomic E-state index is 8.95. The van der Waals surface area contributed by atoms with Crippen molar-refractivity contribution in [1.29, 1.82) is 5.26 Å². The van der Waals surface area contributed by atoms with Gasteiger partial charge in [0.25, 0.3) is 0 Å². The summed E-state index contributed by atoms with van der Waals surface area (Å²) in [6, 6.07) is 15.2. The van der Waals surface area contributed by atoms with Crippen LogP contribution in [-0.4, -0.2) is 5.90 Å². The number of benzene rings is 2. The van der Waals surface area contributed by atoms with E-state index in [9.17, 15) is 0 Å². The lowest BCUT2D eigenvalue weighted by molar-refractivity contribution is 0.0621. The third-order valence-corrected chi connectivity index (χ3v) is 4.54. The van der Waals surface area contributed by atoms with Crippen LogP contribution in [0.2, 0.25) is 10.0 Å². The molecule has 0 saturated carbocycles. The lowest BCUT2D eigenvalue weighted by Crippen LogP contribution is -2.32. The standard InChI is InChI=1S/C18H14Cl2N2O/c1-18(10-5-11-21)12-6-2-3-9-15(12)22-17(23-18)16-13(19)7-4-8-14(16)20/h2-4,6-9H,5,10H2,1H3. The number of rotatable bonds is 3. The number of hydrogen-bond acceptors (Lipinski definition) is 3. The van der Waals surface area contributed by atoms with Crippen LogP contribution in [0.1, 0.15) is 30.9 Å². The van der Waals surface area contributed by atoms with E-state index in [1.54, 1.807) is 18.2 Å². The molecule has 0 radical (unpaired) electrons. The topological polar surface area (TPSA) is 45.4 Å². The van der Waals surface area contributed by atoms with Crippen LogP contribution < -0.4 is 0 Å². The molecule has 3 nitrogen and oxygen atoms in total. The van der Waals surface area contributed by atoms with Crippen LogP contribution >= 0.6 is 23.2 Å². The zero-order valence-electron chi connectivity index (χ0n) is 12.5. The normalized spacial score (nSPS) is 19.3. The molecule has 1 unspecified atom stereocenters. The van der Waals surface area contributed by atoms with Crippen molar-refractivity contribution in [2.24, 2.45) is 4.99 Å². The summed E-state index contributed by atoms with van der Waals surface area (Å²) in [7, 11) is 0. The van der Waals surface area contributed by atoms with Gasteiger partial charge in [-0.25, -0.2) is 4.99 Å². The minimum atomic E-state index is -0.647. The maximum Gasteiger partial charge on any atom is 0.225 e. The Labute approximate surface area is 145 Å². The van der Waals surface area contributed by atoms with Crippen molar-refractivity contribution >= 4 is 34.8 Å². The molecule has 5 heteroatoms. The Kier molecular flexibility index (Phi) is 4.30. The molecule has 1 aliphatic rings. The second-order valence-electron chi connectivity index (χ2n) is 5.52. The van der Waals surface area contributed by atoms with Crippen molar-refractivity contribution in [3.05, 3.63) is 63.6 Å². The van der Waals surface area contributed by atoms with Crippen molar-refractivity contribution in [2.75, 3.05) is 0 Å². The molecule has 0 aromatic heterocycles. The molecule has 0 amide bonds. The first-order valence-corrected chi connectivity index (χ1v) is 7.99. The third kappa shape index (κ3) is 2.93. The lowest BCUT2D eigenvalue weighted by atomic mass is 9.88. The number of halogens is 2. The molecule has 0 N–H and O–H groups in total. The second-order valence-corrected chi connectivity index (χ2v) is 6.34. The minimum Gasteiger partial charge on any atom is -0.466 e. The minimum absolute atomic E-state index is 0.383. The van der Waals surface area contributed by atoms with Crippen molar-refractivity contribution < 1.29 is 4.74 Å². The van der Waals surface area contributed by atoms with Gasteiger partial charge in [0.15, 0.2) is 0 Å². The highest BCUT2D eigenvalue weighted by molar-refractivity contribution is 6.39. The maximum atomic E-state index is 8.95. The number of para-hydroxylation sites is 1. The van der Waals surface area contributed by atoms with Gasteiger partial charge in [-0.3, -0.25) is 0 Å². The number of hydrogen-bond donors (Lipinski definition) is 0. The van der Waals surface area contributed by atoms with E-state index in [0.717, 1.165) is 11.3 Å². The van der Waals surface area contributed by atoms with E-state index in [0.29, 0.717) is 34.3 Å². The van der Waals surface area contributed by atoms with Crippen molar-refractivity contribution in [3.63, 3.8) is 0 Å². The van der Waals surface area contributed by atoms with Gasteiger partial charge < -0.3 is 4.74 Å². The summed E-state index contributed by atoms with van der Waals surface area (Å²) in [6.45, 7) is 1.96. The Bertz CT molecular complexity index is 806. The SMILES string of the molecule is CC1(CCC#N)OC(c2c(Cl)cccc2Cl)=Nc2ccccc21. The first-order chi connectivity index (χ1) is 11.0. The zero-order valence-corrected chi connectivity index (χ0v) is 14.0. The molecule has 0 aliphatic carbocycles. The van der Waals surface area contributed by atoms with E-state index >= 15 is 0 Å². The first-order valence-electron chi connectivity index (χ1n) is 7.24. The summed E-state index contributed by atoms with van der Waals surface area (Å²) >= 11 is 12.6. The molecule has 0 spiro atoms. The van der Waals surface area contributed by atoms with Gasteiger partial charge in [-0.1, -0.05) is 47.5 Å². The molecule has 2 aromatic rings. The number of nitrogens with zero attached hydrogens (tertiary/aromatic N) is 2. The van der Waals surface area contributed by atoms with Gasteiger partial charge in [0.1, 0.15) is 5.60 Å². The largest absolute Gasteiger partial charge is 0.466 e. The van der Waals surface area contributed by atoms with E-state index < -0.39 is 5.60 Å². The zero-order chi connectivity index (χ0) is 16.4. The third-order valence-electron chi connectivity index (χ3n) is 3.91. The summed E-state index contributed by atoms with van der Waals surface area (Å²) in [4.78, 5) is 4.58. The van der Waals surface area contributed by atoms with Gasteiger partial charge in [-0.2, -0.15) is 5.26 Å². The van der Waals surface area contributed by atoms with Crippen LogP contribution in [0.15, 0.2) is 47.5 Å². The summed E-state index contributed by atoms with van der Waals surface area (Å²) in [6.07, 6.45) is 0.940. The van der Waals surface area contributed by atoms with E-state index in [1.165, 1.54) is 0 Å². The average Bonchev–Trinajstić information content (AvgIpc) is 2.53. The highest BCUT2D eigenvalue weighted by atomic mass is 35.5. The van der Waals surface area contributed by atoms with Crippen LogP contribution in [0.4, 0.5) is 5.69 Å². The lowest BCUT2D eigenvalue weighted by Gasteiger charge is -2.35. The van der Waals surface area contributed by atoms with Crippen LogP contribution in [-0.2, 0) is 10.3 Å². The van der Waals surface area contributed by atoms with Crippen molar-refractivity contribution in [3.8, 4) is 6.07 Å².